The standard InChI is InChI=1S/C13H19BrN2O/c1-8(4-5-15)13(17)16-11-6-9(2)12(14)10(3)7-11/h6-8H,4-5,15H2,1-3H3,(H,16,17). The molecule has 0 heterocycles. The lowest BCUT2D eigenvalue weighted by molar-refractivity contribution is -0.119. The number of nitrogens with two attached hydrogens (primary N) is 1. The fraction of sp³-hybridized carbons (Fsp3) is 0.462. The molecular weight excluding hydrogens is 280 g/mol. The number of nitrogens with one attached hydrogen (secondary N) is 1. The second-order valence-corrected chi connectivity index (χ2v) is 5.18. The van der Waals surface area contributed by atoms with Crippen molar-refractivity contribution in [3.05, 3.63) is 27.7 Å². The van der Waals surface area contributed by atoms with Crippen molar-refractivity contribution in [1.29, 1.82) is 0 Å². The molecule has 1 rings (SSSR count). The molecule has 1 atom stereocenters. The average Bonchev–Trinajstić information content (AvgIpc) is 2.26. The van der Waals surface area contributed by atoms with Gasteiger partial charge in [-0.3, -0.25) is 4.79 Å². The van der Waals surface area contributed by atoms with Gasteiger partial charge in [0.1, 0.15) is 0 Å². The van der Waals surface area contributed by atoms with Crippen LogP contribution < -0.4 is 11.1 Å². The van der Waals surface area contributed by atoms with Crippen molar-refractivity contribution in [2.24, 2.45) is 11.7 Å². The van der Waals surface area contributed by atoms with Gasteiger partial charge in [-0.25, -0.2) is 0 Å². The maximum Gasteiger partial charge on any atom is 0.227 e. The van der Waals surface area contributed by atoms with Gasteiger partial charge in [-0.1, -0.05) is 22.9 Å². The number of hydrogen-bond donors (Lipinski definition) is 2. The smallest absolute Gasteiger partial charge is 0.227 e. The Kier molecular flexibility index (Phi) is 5.15. The molecule has 0 fully saturated rings. The summed E-state index contributed by atoms with van der Waals surface area (Å²) >= 11 is 3.50. The summed E-state index contributed by atoms with van der Waals surface area (Å²) in [6.45, 7) is 6.44. The Labute approximate surface area is 111 Å². The van der Waals surface area contributed by atoms with Gasteiger partial charge in [0, 0.05) is 16.1 Å². The van der Waals surface area contributed by atoms with Crippen molar-refractivity contribution in [3.63, 3.8) is 0 Å². The minimum atomic E-state index is -0.0516. The highest BCUT2D eigenvalue weighted by molar-refractivity contribution is 9.10. The average molecular weight is 299 g/mol. The van der Waals surface area contributed by atoms with E-state index < -0.39 is 0 Å². The van der Waals surface area contributed by atoms with E-state index in [1.807, 2.05) is 32.9 Å². The van der Waals surface area contributed by atoms with E-state index in [0.717, 1.165) is 21.3 Å². The van der Waals surface area contributed by atoms with E-state index >= 15 is 0 Å². The lowest BCUT2D eigenvalue weighted by Crippen LogP contribution is -2.22. The van der Waals surface area contributed by atoms with Crippen molar-refractivity contribution in [2.45, 2.75) is 27.2 Å². The zero-order chi connectivity index (χ0) is 13.0. The van der Waals surface area contributed by atoms with Crippen molar-refractivity contribution in [1.82, 2.24) is 0 Å². The van der Waals surface area contributed by atoms with Gasteiger partial charge >= 0.3 is 0 Å². The van der Waals surface area contributed by atoms with Crippen LogP contribution in [0.2, 0.25) is 0 Å². The number of benzene rings is 1. The highest BCUT2D eigenvalue weighted by Gasteiger charge is 2.12. The molecule has 4 heteroatoms. The van der Waals surface area contributed by atoms with E-state index in [2.05, 4.69) is 21.2 Å². The Balaban J connectivity index is 2.79. The second-order valence-electron chi connectivity index (χ2n) is 4.39. The molecule has 0 bridgehead atoms. The number of aryl methyl sites for hydroxylation is 2. The van der Waals surface area contributed by atoms with Crippen molar-refractivity contribution >= 4 is 27.5 Å². The summed E-state index contributed by atoms with van der Waals surface area (Å²) < 4.78 is 1.09. The van der Waals surface area contributed by atoms with Gasteiger partial charge in [-0.05, 0) is 50.1 Å². The molecule has 1 aromatic rings. The molecule has 0 radical (unpaired) electrons. The number of anilines is 1. The Morgan fingerprint density at radius 1 is 1.41 bits per heavy atom. The first kappa shape index (κ1) is 14.2. The van der Waals surface area contributed by atoms with Crippen molar-refractivity contribution in [3.8, 4) is 0 Å². The maximum absolute atomic E-state index is 11.8. The lowest BCUT2D eigenvalue weighted by atomic mass is 10.1. The first-order valence-corrected chi connectivity index (χ1v) is 6.52. The minimum absolute atomic E-state index is 0.0246. The first-order valence-electron chi connectivity index (χ1n) is 5.73. The Morgan fingerprint density at radius 3 is 2.41 bits per heavy atom. The first-order chi connectivity index (χ1) is 7.95. The highest BCUT2D eigenvalue weighted by Crippen LogP contribution is 2.25. The number of halogens is 1. The van der Waals surface area contributed by atoms with Crippen LogP contribution in [0.4, 0.5) is 5.69 Å². The van der Waals surface area contributed by atoms with Gasteiger partial charge in [0.05, 0.1) is 0 Å². The molecule has 0 aliphatic rings. The quantitative estimate of drug-likeness (QED) is 0.898. The molecule has 0 aromatic heterocycles. The third kappa shape index (κ3) is 3.82. The molecule has 1 aromatic carbocycles. The Bertz CT molecular complexity index is 395. The summed E-state index contributed by atoms with van der Waals surface area (Å²) in [7, 11) is 0. The molecule has 3 nitrogen and oxygen atoms in total. The van der Waals surface area contributed by atoms with Crippen LogP contribution in [-0.2, 0) is 4.79 Å². The van der Waals surface area contributed by atoms with Crippen LogP contribution in [0.1, 0.15) is 24.5 Å². The van der Waals surface area contributed by atoms with Crippen LogP contribution in [0, 0.1) is 19.8 Å². The molecule has 0 saturated carbocycles. The predicted molar refractivity (Wildman–Crippen MR) is 75.1 cm³/mol. The number of rotatable bonds is 4. The molecule has 0 spiro atoms. The summed E-state index contributed by atoms with van der Waals surface area (Å²) in [6, 6.07) is 3.92. The SMILES string of the molecule is Cc1cc(NC(=O)C(C)CCN)cc(C)c1Br. The van der Waals surface area contributed by atoms with Gasteiger partial charge in [0.2, 0.25) is 5.91 Å². The van der Waals surface area contributed by atoms with Crippen LogP contribution in [0.5, 0.6) is 0 Å². The van der Waals surface area contributed by atoms with Gasteiger partial charge in [-0.15, -0.1) is 0 Å². The molecule has 1 amide bonds. The summed E-state index contributed by atoms with van der Waals surface area (Å²) in [4.78, 5) is 11.8. The zero-order valence-corrected chi connectivity index (χ0v) is 12.1. The largest absolute Gasteiger partial charge is 0.330 e. The van der Waals surface area contributed by atoms with Crippen LogP contribution >= 0.6 is 15.9 Å². The molecule has 94 valence electrons. The molecule has 0 saturated heterocycles. The van der Waals surface area contributed by atoms with E-state index in [1.54, 1.807) is 0 Å². The number of hydrogen-bond acceptors (Lipinski definition) is 2. The summed E-state index contributed by atoms with van der Waals surface area (Å²) in [6.07, 6.45) is 0.709. The molecule has 3 N–H and O–H groups in total. The fourth-order valence-electron chi connectivity index (χ4n) is 1.66. The third-order valence-electron chi connectivity index (χ3n) is 2.75. The van der Waals surface area contributed by atoms with E-state index in [0.29, 0.717) is 13.0 Å². The van der Waals surface area contributed by atoms with Gasteiger partial charge in [-0.2, -0.15) is 0 Å². The van der Waals surface area contributed by atoms with Crippen molar-refractivity contribution in [2.75, 3.05) is 11.9 Å². The molecule has 0 aliphatic carbocycles. The van der Waals surface area contributed by atoms with Crippen LogP contribution in [0.15, 0.2) is 16.6 Å². The van der Waals surface area contributed by atoms with Gasteiger partial charge in [0.25, 0.3) is 0 Å². The summed E-state index contributed by atoms with van der Waals surface area (Å²) in [5.41, 5.74) is 8.52. The highest BCUT2D eigenvalue weighted by atomic mass is 79.9. The number of carbonyl (C=O) groups excluding carboxylic acids is 1. The van der Waals surface area contributed by atoms with Crippen LogP contribution in [0.3, 0.4) is 0 Å². The van der Waals surface area contributed by atoms with E-state index in [4.69, 9.17) is 5.73 Å². The monoisotopic (exact) mass is 298 g/mol. The zero-order valence-electron chi connectivity index (χ0n) is 10.5. The second kappa shape index (κ2) is 6.17. The molecule has 0 aliphatic heterocycles. The van der Waals surface area contributed by atoms with Crippen LogP contribution in [-0.4, -0.2) is 12.5 Å². The minimum Gasteiger partial charge on any atom is -0.330 e. The van der Waals surface area contributed by atoms with E-state index in [-0.39, 0.29) is 11.8 Å². The van der Waals surface area contributed by atoms with Crippen molar-refractivity contribution < 1.29 is 4.79 Å². The summed E-state index contributed by atoms with van der Waals surface area (Å²) in [5.74, 6) is -0.0270. The Hall–Kier alpha value is -0.870. The third-order valence-corrected chi connectivity index (χ3v) is 4.00. The predicted octanol–water partition coefficient (Wildman–Crippen LogP) is 2.99. The lowest BCUT2D eigenvalue weighted by Gasteiger charge is -2.13. The maximum atomic E-state index is 11.8. The van der Waals surface area contributed by atoms with E-state index in [1.165, 1.54) is 0 Å². The molecular formula is C13H19BrN2O. The normalized spacial score (nSPS) is 12.3. The van der Waals surface area contributed by atoms with Gasteiger partial charge in [0.15, 0.2) is 0 Å². The number of carbonyl (C=O) groups is 1. The molecule has 1 unspecified atom stereocenters. The topological polar surface area (TPSA) is 55.1 Å². The fourth-order valence-corrected chi connectivity index (χ4v) is 1.89. The van der Waals surface area contributed by atoms with Gasteiger partial charge < -0.3 is 11.1 Å². The van der Waals surface area contributed by atoms with E-state index in [9.17, 15) is 4.79 Å². The Morgan fingerprint density at radius 2 is 1.94 bits per heavy atom. The number of amides is 1. The molecule has 17 heavy (non-hydrogen) atoms. The summed E-state index contributed by atoms with van der Waals surface area (Å²) in [5, 5.41) is 2.92. The van der Waals surface area contributed by atoms with Crippen LogP contribution in [0.25, 0.3) is 0 Å².